The van der Waals surface area contributed by atoms with E-state index in [9.17, 15) is 0 Å². The molecule has 3 N–H and O–H groups in total. The van der Waals surface area contributed by atoms with E-state index in [0.717, 1.165) is 26.7 Å². The molecule has 0 spiro atoms. The lowest BCUT2D eigenvalue weighted by atomic mass is 10.3. The smallest absolute Gasteiger partial charge is 0.240 e. The number of nitrogen functional groups attached to an aromatic ring is 1. The number of aryl methyl sites for hydroxylation is 2. The fraction of sp³-hybridized carbons (Fsp3) is 0.308. The van der Waals surface area contributed by atoms with E-state index in [4.69, 9.17) is 5.84 Å². The first-order valence-corrected chi connectivity index (χ1v) is 8.13. The van der Waals surface area contributed by atoms with Gasteiger partial charge in [0.05, 0.1) is 22.6 Å². The Balaban J connectivity index is 2.01. The van der Waals surface area contributed by atoms with Crippen molar-refractivity contribution < 1.29 is 0 Å². The molecule has 21 heavy (non-hydrogen) atoms. The third-order valence-electron chi connectivity index (χ3n) is 3.05. The van der Waals surface area contributed by atoms with Crippen LogP contribution in [-0.2, 0) is 6.54 Å². The molecule has 6 nitrogen and oxygen atoms in total. The fourth-order valence-corrected chi connectivity index (χ4v) is 3.66. The zero-order valence-corrected chi connectivity index (χ0v) is 13.7. The zero-order valence-electron chi connectivity index (χ0n) is 12.0. The largest absolute Gasteiger partial charge is 0.353 e. The lowest BCUT2D eigenvalue weighted by Gasteiger charge is -2.18. The van der Waals surface area contributed by atoms with Gasteiger partial charge >= 0.3 is 0 Å². The fourth-order valence-electron chi connectivity index (χ4n) is 2.18. The van der Waals surface area contributed by atoms with E-state index in [-0.39, 0.29) is 0 Å². The van der Waals surface area contributed by atoms with Crippen LogP contribution in [-0.4, -0.2) is 22.0 Å². The van der Waals surface area contributed by atoms with Gasteiger partial charge in [-0.15, -0.1) is 22.7 Å². The van der Waals surface area contributed by atoms with Crippen LogP contribution in [0.25, 0.3) is 10.2 Å². The van der Waals surface area contributed by atoms with Gasteiger partial charge in [0, 0.05) is 17.3 Å². The van der Waals surface area contributed by atoms with Crippen molar-refractivity contribution in [3.8, 4) is 0 Å². The van der Waals surface area contributed by atoms with Crippen LogP contribution in [0.4, 0.5) is 11.8 Å². The molecule has 0 saturated carbocycles. The van der Waals surface area contributed by atoms with E-state index in [1.165, 1.54) is 4.88 Å². The first-order valence-electron chi connectivity index (χ1n) is 6.44. The van der Waals surface area contributed by atoms with E-state index in [1.54, 1.807) is 22.7 Å². The number of nitrogens with one attached hydrogen (secondary N) is 1. The number of thiazole rings is 1. The Labute approximate surface area is 130 Å². The molecule has 0 atom stereocenters. The van der Waals surface area contributed by atoms with Crippen LogP contribution in [0.5, 0.6) is 0 Å². The van der Waals surface area contributed by atoms with Gasteiger partial charge < -0.3 is 4.90 Å². The summed E-state index contributed by atoms with van der Waals surface area (Å²) in [6, 6.07) is 2.11. The Morgan fingerprint density at radius 1 is 1.29 bits per heavy atom. The molecule has 0 radical (unpaired) electrons. The minimum Gasteiger partial charge on any atom is -0.353 e. The Hall–Kier alpha value is -1.77. The van der Waals surface area contributed by atoms with Gasteiger partial charge in [0.1, 0.15) is 10.6 Å². The van der Waals surface area contributed by atoms with Gasteiger partial charge in [0.15, 0.2) is 0 Å². The number of nitrogens with zero attached hydrogens (tertiary/aromatic N) is 4. The van der Waals surface area contributed by atoms with Crippen LogP contribution in [0, 0.1) is 13.8 Å². The van der Waals surface area contributed by atoms with Gasteiger partial charge in [-0.3, -0.25) is 5.43 Å². The quantitative estimate of drug-likeness (QED) is 0.568. The van der Waals surface area contributed by atoms with E-state index < -0.39 is 0 Å². The van der Waals surface area contributed by atoms with Gasteiger partial charge in [0.2, 0.25) is 5.95 Å². The summed E-state index contributed by atoms with van der Waals surface area (Å²) in [5.74, 6) is 6.77. The lowest BCUT2D eigenvalue weighted by Crippen LogP contribution is -2.20. The molecule has 0 fully saturated rings. The van der Waals surface area contributed by atoms with Crippen LogP contribution >= 0.6 is 22.7 Å². The van der Waals surface area contributed by atoms with E-state index in [0.29, 0.717) is 12.5 Å². The highest BCUT2D eigenvalue weighted by Gasteiger charge is 2.14. The van der Waals surface area contributed by atoms with Crippen molar-refractivity contribution in [2.45, 2.75) is 20.4 Å². The van der Waals surface area contributed by atoms with Crippen LogP contribution in [0.15, 0.2) is 11.4 Å². The number of hydrogen-bond donors (Lipinski definition) is 2. The second kappa shape index (κ2) is 5.55. The molecular formula is C13H16N6S2. The molecule has 0 bridgehead atoms. The Bertz CT molecular complexity index is 778. The molecule has 0 saturated heterocycles. The summed E-state index contributed by atoms with van der Waals surface area (Å²) in [4.78, 5) is 17.6. The number of hydrogen-bond acceptors (Lipinski definition) is 8. The van der Waals surface area contributed by atoms with Crippen molar-refractivity contribution >= 4 is 44.7 Å². The maximum absolute atomic E-state index is 5.47. The molecule has 0 unspecified atom stereocenters. The van der Waals surface area contributed by atoms with Crippen LogP contribution < -0.4 is 16.2 Å². The predicted molar refractivity (Wildman–Crippen MR) is 88.9 cm³/mol. The van der Waals surface area contributed by atoms with Crippen molar-refractivity contribution in [3.63, 3.8) is 0 Å². The highest BCUT2D eigenvalue weighted by atomic mass is 32.1. The Kier molecular flexibility index (Phi) is 3.75. The highest BCUT2D eigenvalue weighted by molar-refractivity contribution is 7.18. The molecule has 0 aliphatic heterocycles. The van der Waals surface area contributed by atoms with Gasteiger partial charge in [-0.2, -0.15) is 4.98 Å². The monoisotopic (exact) mass is 320 g/mol. The third kappa shape index (κ3) is 2.82. The van der Waals surface area contributed by atoms with E-state index in [1.807, 2.05) is 14.0 Å². The first kappa shape index (κ1) is 14.2. The molecule has 8 heteroatoms. The van der Waals surface area contributed by atoms with Crippen molar-refractivity contribution in [2.75, 3.05) is 17.4 Å². The third-order valence-corrected chi connectivity index (χ3v) is 4.82. The zero-order chi connectivity index (χ0) is 15.0. The molecule has 0 aromatic carbocycles. The summed E-state index contributed by atoms with van der Waals surface area (Å²) in [7, 11) is 2.00. The van der Waals surface area contributed by atoms with E-state index in [2.05, 4.69) is 43.6 Å². The number of hydrazine groups is 1. The molecule has 0 aliphatic carbocycles. The highest BCUT2D eigenvalue weighted by Crippen LogP contribution is 2.31. The number of anilines is 2. The number of thiophene rings is 1. The van der Waals surface area contributed by atoms with Crippen molar-refractivity contribution in [1.82, 2.24) is 15.0 Å². The first-order chi connectivity index (χ1) is 10.1. The number of aromatic nitrogens is 3. The van der Waals surface area contributed by atoms with Gasteiger partial charge in [-0.1, -0.05) is 0 Å². The summed E-state index contributed by atoms with van der Waals surface area (Å²) >= 11 is 3.29. The minimum absolute atomic E-state index is 0.431. The number of nitrogens with two attached hydrogens (primary N) is 1. The normalized spacial score (nSPS) is 11.0. The maximum Gasteiger partial charge on any atom is 0.240 e. The molecule has 3 heterocycles. The molecule has 3 rings (SSSR count). The van der Waals surface area contributed by atoms with Gasteiger partial charge in [0.25, 0.3) is 0 Å². The number of rotatable bonds is 4. The van der Waals surface area contributed by atoms with Crippen LogP contribution in [0.3, 0.4) is 0 Å². The topological polar surface area (TPSA) is 80.0 Å². The molecule has 3 aromatic heterocycles. The molecule has 3 aromatic rings. The summed E-state index contributed by atoms with van der Waals surface area (Å²) < 4.78 is 0. The minimum atomic E-state index is 0.431. The lowest BCUT2D eigenvalue weighted by molar-refractivity contribution is 0.873. The average Bonchev–Trinajstić information content (AvgIpc) is 3.02. The second-order valence-corrected chi connectivity index (χ2v) is 7.10. The maximum atomic E-state index is 5.47. The van der Waals surface area contributed by atoms with Crippen LogP contribution in [0.2, 0.25) is 0 Å². The SMILES string of the molecule is Cc1cc2c(N(C)Cc3csc(C)n3)nc(NN)nc2s1. The molecule has 0 amide bonds. The predicted octanol–water partition coefficient (Wildman–Crippen LogP) is 2.69. The van der Waals surface area contributed by atoms with Crippen molar-refractivity contribution in [1.29, 1.82) is 0 Å². The standard InChI is InChI=1S/C13H16N6S2/c1-7-4-10-11(16-13(18-14)17-12(10)21-7)19(3)5-9-6-20-8(2)15-9/h4,6H,5,14H2,1-3H3,(H,16,17,18). The van der Waals surface area contributed by atoms with Gasteiger partial charge in [-0.05, 0) is 19.9 Å². The Morgan fingerprint density at radius 3 is 2.76 bits per heavy atom. The summed E-state index contributed by atoms with van der Waals surface area (Å²) in [5.41, 5.74) is 3.58. The van der Waals surface area contributed by atoms with Crippen molar-refractivity contribution in [3.05, 3.63) is 27.0 Å². The molecular weight excluding hydrogens is 304 g/mol. The van der Waals surface area contributed by atoms with Gasteiger partial charge in [-0.25, -0.2) is 15.8 Å². The van der Waals surface area contributed by atoms with Crippen LogP contribution in [0.1, 0.15) is 15.6 Å². The summed E-state index contributed by atoms with van der Waals surface area (Å²) in [6.07, 6.45) is 0. The Morgan fingerprint density at radius 2 is 2.10 bits per heavy atom. The van der Waals surface area contributed by atoms with Crippen molar-refractivity contribution in [2.24, 2.45) is 5.84 Å². The van der Waals surface area contributed by atoms with E-state index >= 15 is 0 Å². The number of fused-ring (bicyclic) bond motifs is 1. The summed E-state index contributed by atoms with van der Waals surface area (Å²) in [6.45, 7) is 4.78. The average molecular weight is 320 g/mol. The molecule has 110 valence electrons. The second-order valence-electron chi connectivity index (χ2n) is 4.80. The summed E-state index contributed by atoms with van der Waals surface area (Å²) in [5, 5.41) is 4.19. The molecule has 0 aliphatic rings.